The molecule has 1 N–H and O–H groups in total. The molecule has 0 aliphatic carbocycles. The molecule has 0 aliphatic heterocycles. The van der Waals surface area contributed by atoms with Gasteiger partial charge in [-0.2, -0.15) is 0 Å². The minimum Gasteiger partial charge on any atom is -0.345 e. The van der Waals surface area contributed by atoms with Crippen LogP contribution in [0.5, 0.6) is 0 Å². The first-order valence-electron chi connectivity index (χ1n) is 10.6. The number of nitrogens with one attached hydrogen (secondary N) is 1. The number of amides is 1. The molecule has 0 radical (unpaired) electrons. The van der Waals surface area contributed by atoms with Crippen LogP contribution in [0.1, 0.15) is 51.1 Å². The number of hydrogen-bond donors (Lipinski definition) is 1. The number of aryl methyl sites for hydroxylation is 3. The van der Waals surface area contributed by atoms with E-state index in [9.17, 15) is 13.2 Å². The first-order valence-corrected chi connectivity index (χ1v) is 12.4. The normalized spacial score (nSPS) is 12.3. The molecule has 0 aliphatic rings. The van der Waals surface area contributed by atoms with Gasteiger partial charge < -0.3 is 5.32 Å². The Morgan fingerprint density at radius 2 is 1.50 bits per heavy atom. The Kier molecular flexibility index (Phi) is 7.04. The number of anilines is 1. The predicted molar refractivity (Wildman–Crippen MR) is 130 cm³/mol. The maximum absolute atomic E-state index is 13.3. The summed E-state index contributed by atoms with van der Waals surface area (Å²) in [6.07, 6.45) is 1.16. The van der Waals surface area contributed by atoms with Crippen molar-refractivity contribution in [1.29, 1.82) is 0 Å². The highest BCUT2D eigenvalue weighted by Crippen LogP contribution is 2.27. The summed E-state index contributed by atoms with van der Waals surface area (Å²) < 4.78 is 26.6. The molecule has 3 aromatic rings. The highest BCUT2D eigenvalue weighted by atomic mass is 32.2. The van der Waals surface area contributed by atoms with Gasteiger partial charge in [0.05, 0.1) is 30.1 Å². The third kappa shape index (κ3) is 5.37. The zero-order valence-electron chi connectivity index (χ0n) is 19.2. The lowest BCUT2D eigenvalue weighted by Crippen LogP contribution is -2.33. The molecule has 1 atom stereocenters. The monoisotopic (exact) mass is 450 g/mol. The van der Waals surface area contributed by atoms with E-state index in [2.05, 4.69) is 31.3 Å². The Bertz CT molecular complexity index is 1220. The van der Waals surface area contributed by atoms with Gasteiger partial charge in [-0.25, -0.2) is 8.42 Å². The summed E-state index contributed by atoms with van der Waals surface area (Å²) in [6, 6.07) is 20.1. The second-order valence-electron chi connectivity index (χ2n) is 8.26. The number of sulfonamides is 1. The summed E-state index contributed by atoms with van der Waals surface area (Å²) in [5.41, 5.74) is 6.05. The average molecular weight is 451 g/mol. The largest absolute Gasteiger partial charge is 0.345 e. The summed E-state index contributed by atoms with van der Waals surface area (Å²) >= 11 is 0. The van der Waals surface area contributed by atoms with Crippen LogP contribution in [0.15, 0.2) is 66.7 Å². The van der Waals surface area contributed by atoms with E-state index in [1.807, 2.05) is 44.2 Å². The van der Waals surface area contributed by atoms with E-state index in [1.54, 1.807) is 24.3 Å². The van der Waals surface area contributed by atoms with Crippen molar-refractivity contribution in [2.45, 2.75) is 40.3 Å². The van der Waals surface area contributed by atoms with Crippen LogP contribution in [0.3, 0.4) is 0 Å². The lowest BCUT2D eigenvalue weighted by atomic mass is 9.96. The van der Waals surface area contributed by atoms with E-state index < -0.39 is 10.0 Å². The van der Waals surface area contributed by atoms with Crippen molar-refractivity contribution < 1.29 is 13.2 Å². The van der Waals surface area contributed by atoms with Gasteiger partial charge in [-0.15, -0.1) is 0 Å². The molecule has 5 nitrogen and oxygen atoms in total. The van der Waals surface area contributed by atoms with Gasteiger partial charge in [0.2, 0.25) is 10.0 Å². The van der Waals surface area contributed by atoms with Crippen LogP contribution >= 0.6 is 0 Å². The van der Waals surface area contributed by atoms with E-state index in [-0.39, 0.29) is 18.5 Å². The topological polar surface area (TPSA) is 66.5 Å². The molecule has 6 heteroatoms. The van der Waals surface area contributed by atoms with Crippen molar-refractivity contribution in [2.75, 3.05) is 10.6 Å². The van der Waals surface area contributed by atoms with Gasteiger partial charge in [0, 0.05) is 0 Å². The predicted octanol–water partition coefficient (Wildman–Crippen LogP) is 5.07. The van der Waals surface area contributed by atoms with Gasteiger partial charge >= 0.3 is 0 Å². The third-order valence-corrected chi connectivity index (χ3v) is 6.81. The number of para-hydroxylation sites is 1. The molecule has 3 aromatic carbocycles. The van der Waals surface area contributed by atoms with Gasteiger partial charge in [0.15, 0.2) is 0 Å². The molecule has 168 valence electrons. The Balaban J connectivity index is 1.94. The number of carbonyl (C=O) groups excluding carboxylic acids is 1. The van der Waals surface area contributed by atoms with Crippen LogP contribution < -0.4 is 9.62 Å². The molecular formula is C26H30N2O3S. The zero-order valence-corrected chi connectivity index (χ0v) is 20.0. The number of hydrogen-bond acceptors (Lipinski definition) is 3. The molecule has 0 bridgehead atoms. The number of carbonyl (C=O) groups is 1. The highest BCUT2D eigenvalue weighted by Gasteiger charge is 2.24. The average Bonchev–Trinajstić information content (AvgIpc) is 2.74. The molecule has 0 fully saturated rings. The lowest BCUT2D eigenvalue weighted by Gasteiger charge is -2.25. The second-order valence-corrected chi connectivity index (χ2v) is 10.2. The molecule has 0 saturated carbocycles. The fourth-order valence-corrected chi connectivity index (χ4v) is 4.72. The van der Waals surface area contributed by atoms with E-state index in [4.69, 9.17) is 0 Å². The standard InChI is InChI=1S/C26H30N2O3S/c1-18-15-20(3)24(16-19(18)2)21(4)27-26(29)23-13-9-10-14-25(23)28(32(5,30)31)17-22-11-7-6-8-12-22/h6-16,21H,17H2,1-5H3,(H,27,29)/t21-/m0/s1. The van der Waals surface area contributed by atoms with Gasteiger partial charge in [0.1, 0.15) is 0 Å². The van der Waals surface area contributed by atoms with Crippen molar-refractivity contribution in [3.05, 3.63) is 100 Å². The smallest absolute Gasteiger partial charge is 0.253 e. The fourth-order valence-electron chi connectivity index (χ4n) is 3.81. The zero-order chi connectivity index (χ0) is 23.5. The summed E-state index contributed by atoms with van der Waals surface area (Å²) in [4.78, 5) is 13.3. The van der Waals surface area contributed by atoms with Crippen LogP contribution in [0.25, 0.3) is 0 Å². The maximum atomic E-state index is 13.3. The Hall–Kier alpha value is -3.12. The molecule has 1 amide bonds. The second kappa shape index (κ2) is 9.57. The quantitative estimate of drug-likeness (QED) is 0.547. The van der Waals surface area contributed by atoms with Crippen molar-refractivity contribution in [3.63, 3.8) is 0 Å². The van der Waals surface area contributed by atoms with Gasteiger partial charge in [-0.3, -0.25) is 9.10 Å². The molecule has 0 saturated heterocycles. The first-order chi connectivity index (χ1) is 15.1. The Labute approximate surface area is 191 Å². The van der Waals surface area contributed by atoms with Crippen LogP contribution in [-0.2, 0) is 16.6 Å². The van der Waals surface area contributed by atoms with Crippen LogP contribution in [0.2, 0.25) is 0 Å². The minimum absolute atomic E-state index is 0.149. The highest BCUT2D eigenvalue weighted by molar-refractivity contribution is 7.92. The van der Waals surface area contributed by atoms with Crippen molar-refractivity contribution in [1.82, 2.24) is 5.32 Å². The van der Waals surface area contributed by atoms with Gasteiger partial charge in [0.25, 0.3) is 5.91 Å². The van der Waals surface area contributed by atoms with E-state index in [0.717, 1.165) is 22.9 Å². The van der Waals surface area contributed by atoms with Crippen LogP contribution in [0, 0.1) is 20.8 Å². The Morgan fingerprint density at radius 1 is 0.906 bits per heavy atom. The number of rotatable bonds is 7. The van der Waals surface area contributed by atoms with Crippen LogP contribution in [-0.4, -0.2) is 20.6 Å². The third-order valence-electron chi connectivity index (χ3n) is 5.68. The molecule has 0 aromatic heterocycles. The van der Waals surface area contributed by atoms with Crippen molar-refractivity contribution in [3.8, 4) is 0 Å². The molecule has 3 rings (SSSR count). The molecular weight excluding hydrogens is 420 g/mol. The lowest BCUT2D eigenvalue weighted by molar-refractivity contribution is 0.0940. The van der Waals surface area contributed by atoms with E-state index in [0.29, 0.717) is 11.3 Å². The van der Waals surface area contributed by atoms with E-state index >= 15 is 0 Å². The maximum Gasteiger partial charge on any atom is 0.253 e. The van der Waals surface area contributed by atoms with Crippen molar-refractivity contribution >= 4 is 21.6 Å². The molecule has 32 heavy (non-hydrogen) atoms. The number of nitrogens with zero attached hydrogens (tertiary/aromatic N) is 1. The summed E-state index contributed by atoms with van der Waals surface area (Å²) in [5, 5.41) is 3.05. The summed E-state index contributed by atoms with van der Waals surface area (Å²) in [6.45, 7) is 8.24. The first kappa shape index (κ1) is 23.5. The summed E-state index contributed by atoms with van der Waals surface area (Å²) in [7, 11) is -3.62. The van der Waals surface area contributed by atoms with Crippen molar-refractivity contribution in [2.24, 2.45) is 0 Å². The fraction of sp³-hybridized carbons (Fsp3) is 0.269. The van der Waals surface area contributed by atoms with Gasteiger partial charge in [-0.05, 0) is 67.6 Å². The number of benzene rings is 3. The Morgan fingerprint density at radius 3 is 2.16 bits per heavy atom. The molecule has 0 spiro atoms. The molecule has 0 heterocycles. The van der Waals surface area contributed by atoms with E-state index in [1.165, 1.54) is 15.4 Å². The SMILES string of the molecule is Cc1cc(C)c([C@H](C)NC(=O)c2ccccc2N(Cc2ccccc2)S(C)(=O)=O)cc1C. The summed E-state index contributed by atoms with van der Waals surface area (Å²) in [5.74, 6) is -0.313. The minimum atomic E-state index is -3.62. The van der Waals surface area contributed by atoms with Gasteiger partial charge in [-0.1, -0.05) is 54.6 Å². The molecule has 0 unspecified atom stereocenters. The van der Waals surface area contributed by atoms with Crippen LogP contribution in [0.4, 0.5) is 5.69 Å².